The standard InChI is InChI=1S/C16H22BrClN2O3/c1-9(2)14(16(22)20(4)5)19-15(21)10(3)23-13-7-6-11(18)8-12(13)17/h6-10,14H,1-5H3,(H,19,21)/t10-,14-/m0/s1. The summed E-state index contributed by atoms with van der Waals surface area (Å²) in [7, 11) is 3.32. The lowest BCUT2D eigenvalue weighted by molar-refractivity contribution is -0.137. The lowest BCUT2D eigenvalue weighted by atomic mass is 10.0. The number of carbonyl (C=O) groups excluding carboxylic acids is 2. The lowest BCUT2D eigenvalue weighted by Crippen LogP contribution is -2.52. The van der Waals surface area contributed by atoms with Crippen LogP contribution in [0.5, 0.6) is 5.75 Å². The Morgan fingerprint density at radius 1 is 1.26 bits per heavy atom. The summed E-state index contributed by atoms with van der Waals surface area (Å²) >= 11 is 9.22. The van der Waals surface area contributed by atoms with Crippen molar-refractivity contribution in [3.63, 3.8) is 0 Å². The summed E-state index contributed by atoms with van der Waals surface area (Å²) in [4.78, 5) is 25.9. The molecule has 128 valence electrons. The number of hydrogen-bond donors (Lipinski definition) is 1. The molecule has 1 aromatic rings. The van der Waals surface area contributed by atoms with Gasteiger partial charge in [0, 0.05) is 19.1 Å². The molecule has 0 aliphatic rings. The minimum absolute atomic E-state index is 0.0247. The van der Waals surface area contributed by atoms with Crippen molar-refractivity contribution < 1.29 is 14.3 Å². The van der Waals surface area contributed by atoms with E-state index in [9.17, 15) is 9.59 Å². The van der Waals surface area contributed by atoms with Crippen LogP contribution in [0.3, 0.4) is 0 Å². The van der Waals surface area contributed by atoms with Crippen LogP contribution in [-0.2, 0) is 9.59 Å². The van der Waals surface area contributed by atoms with Gasteiger partial charge in [-0.1, -0.05) is 25.4 Å². The highest BCUT2D eigenvalue weighted by Gasteiger charge is 2.28. The first kappa shape index (κ1) is 19.8. The van der Waals surface area contributed by atoms with Crippen molar-refractivity contribution in [2.24, 2.45) is 5.92 Å². The number of ether oxygens (including phenoxy) is 1. The molecule has 1 rings (SSSR count). The van der Waals surface area contributed by atoms with Crippen LogP contribution in [0.25, 0.3) is 0 Å². The third-order valence-corrected chi connectivity index (χ3v) is 4.09. The Bertz CT molecular complexity index is 578. The van der Waals surface area contributed by atoms with Gasteiger partial charge in [0.2, 0.25) is 5.91 Å². The quantitative estimate of drug-likeness (QED) is 0.791. The maximum absolute atomic E-state index is 12.3. The number of likely N-dealkylation sites (N-methyl/N-ethyl adjacent to an activating group) is 1. The van der Waals surface area contributed by atoms with E-state index in [4.69, 9.17) is 16.3 Å². The van der Waals surface area contributed by atoms with Crippen molar-refractivity contribution in [2.45, 2.75) is 32.9 Å². The van der Waals surface area contributed by atoms with E-state index in [-0.39, 0.29) is 17.7 Å². The van der Waals surface area contributed by atoms with Crippen molar-refractivity contribution in [2.75, 3.05) is 14.1 Å². The predicted octanol–water partition coefficient (Wildman–Crippen LogP) is 3.10. The highest BCUT2D eigenvalue weighted by Crippen LogP contribution is 2.28. The van der Waals surface area contributed by atoms with Gasteiger partial charge in [0.25, 0.3) is 5.91 Å². The Morgan fingerprint density at radius 3 is 2.35 bits per heavy atom. The maximum atomic E-state index is 12.3. The Kier molecular flexibility index (Phi) is 7.35. The highest BCUT2D eigenvalue weighted by atomic mass is 79.9. The van der Waals surface area contributed by atoms with Crippen LogP contribution < -0.4 is 10.1 Å². The average Bonchev–Trinajstić information content (AvgIpc) is 2.46. The van der Waals surface area contributed by atoms with Crippen molar-refractivity contribution in [1.29, 1.82) is 0 Å². The number of halogens is 2. The summed E-state index contributed by atoms with van der Waals surface area (Å²) < 4.78 is 6.30. The van der Waals surface area contributed by atoms with Gasteiger partial charge in [0.05, 0.1) is 4.47 Å². The summed E-state index contributed by atoms with van der Waals surface area (Å²) in [6, 6.07) is 4.46. The molecule has 0 aliphatic carbocycles. The molecular formula is C16H22BrClN2O3. The second-order valence-corrected chi connectivity index (χ2v) is 7.09. The number of nitrogens with zero attached hydrogens (tertiary/aromatic N) is 1. The number of nitrogens with one attached hydrogen (secondary N) is 1. The van der Waals surface area contributed by atoms with E-state index in [1.54, 1.807) is 39.2 Å². The summed E-state index contributed by atoms with van der Waals surface area (Å²) in [5.74, 6) is -0.00521. The number of rotatable bonds is 6. The smallest absolute Gasteiger partial charge is 0.261 e. The van der Waals surface area contributed by atoms with E-state index in [2.05, 4.69) is 21.2 Å². The van der Waals surface area contributed by atoms with E-state index in [0.29, 0.717) is 15.2 Å². The first-order valence-electron chi connectivity index (χ1n) is 7.26. The molecule has 0 saturated heterocycles. The first-order valence-corrected chi connectivity index (χ1v) is 8.43. The molecule has 2 atom stereocenters. The monoisotopic (exact) mass is 404 g/mol. The summed E-state index contributed by atoms with van der Waals surface area (Å²) in [6.07, 6.45) is -0.747. The van der Waals surface area contributed by atoms with Crippen LogP contribution >= 0.6 is 27.5 Å². The SMILES string of the molecule is CC(C)[C@H](NC(=O)[C@H](C)Oc1ccc(Cl)cc1Br)C(=O)N(C)C. The third-order valence-electron chi connectivity index (χ3n) is 3.24. The van der Waals surface area contributed by atoms with E-state index in [0.717, 1.165) is 0 Å². The normalized spacial score (nSPS) is 13.4. The molecule has 0 bridgehead atoms. The molecule has 0 radical (unpaired) electrons. The molecule has 7 heteroatoms. The Labute approximate surface area is 150 Å². The zero-order valence-electron chi connectivity index (χ0n) is 13.9. The van der Waals surface area contributed by atoms with Crippen LogP contribution in [0.15, 0.2) is 22.7 Å². The Morgan fingerprint density at radius 2 is 1.87 bits per heavy atom. The number of amides is 2. The van der Waals surface area contributed by atoms with E-state index >= 15 is 0 Å². The van der Waals surface area contributed by atoms with Crippen LogP contribution in [0, 0.1) is 5.92 Å². The predicted molar refractivity (Wildman–Crippen MR) is 94.7 cm³/mol. The third kappa shape index (κ3) is 5.70. The van der Waals surface area contributed by atoms with Gasteiger partial charge in [0.1, 0.15) is 11.8 Å². The van der Waals surface area contributed by atoms with Gasteiger partial charge < -0.3 is 15.0 Å². The molecule has 1 N–H and O–H groups in total. The zero-order chi connectivity index (χ0) is 17.7. The molecule has 0 aliphatic heterocycles. The van der Waals surface area contributed by atoms with Crippen LogP contribution in [0.4, 0.5) is 0 Å². The van der Waals surface area contributed by atoms with E-state index < -0.39 is 12.1 Å². The molecule has 0 spiro atoms. The molecule has 0 heterocycles. The van der Waals surface area contributed by atoms with Crippen molar-refractivity contribution >= 4 is 39.3 Å². The van der Waals surface area contributed by atoms with Gasteiger partial charge in [-0.3, -0.25) is 9.59 Å². The number of carbonyl (C=O) groups is 2. The second-order valence-electron chi connectivity index (χ2n) is 5.80. The molecule has 0 aromatic heterocycles. The summed E-state index contributed by atoms with van der Waals surface area (Å²) in [6.45, 7) is 5.40. The second kappa shape index (κ2) is 8.55. The van der Waals surface area contributed by atoms with E-state index in [1.807, 2.05) is 13.8 Å². The van der Waals surface area contributed by atoms with Crippen LogP contribution in [0.2, 0.25) is 5.02 Å². The van der Waals surface area contributed by atoms with Gasteiger partial charge >= 0.3 is 0 Å². The van der Waals surface area contributed by atoms with Gasteiger partial charge in [-0.25, -0.2) is 0 Å². The first-order chi connectivity index (χ1) is 10.6. The van der Waals surface area contributed by atoms with Crippen molar-refractivity contribution in [3.8, 4) is 5.75 Å². The number of benzene rings is 1. The Balaban J connectivity index is 2.77. The summed E-state index contributed by atoms with van der Waals surface area (Å²) in [5.41, 5.74) is 0. The molecule has 0 unspecified atom stereocenters. The van der Waals surface area contributed by atoms with Gasteiger partial charge in [-0.15, -0.1) is 0 Å². The van der Waals surface area contributed by atoms with Gasteiger partial charge in [-0.05, 0) is 47.0 Å². The molecule has 0 saturated carbocycles. The van der Waals surface area contributed by atoms with Crippen molar-refractivity contribution in [3.05, 3.63) is 27.7 Å². The maximum Gasteiger partial charge on any atom is 0.261 e. The molecule has 2 amide bonds. The zero-order valence-corrected chi connectivity index (χ0v) is 16.2. The fraction of sp³-hybridized carbons (Fsp3) is 0.500. The Hall–Kier alpha value is -1.27. The minimum atomic E-state index is -0.747. The molecule has 1 aromatic carbocycles. The van der Waals surface area contributed by atoms with Gasteiger partial charge in [-0.2, -0.15) is 0 Å². The molecular weight excluding hydrogens is 384 g/mol. The van der Waals surface area contributed by atoms with E-state index in [1.165, 1.54) is 4.90 Å². The summed E-state index contributed by atoms with van der Waals surface area (Å²) in [5, 5.41) is 3.32. The fourth-order valence-corrected chi connectivity index (χ4v) is 2.65. The average molecular weight is 406 g/mol. The van der Waals surface area contributed by atoms with Crippen LogP contribution in [0.1, 0.15) is 20.8 Å². The highest BCUT2D eigenvalue weighted by molar-refractivity contribution is 9.10. The molecule has 5 nitrogen and oxygen atoms in total. The van der Waals surface area contributed by atoms with Gasteiger partial charge in [0.15, 0.2) is 6.10 Å². The lowest BCUT2D eigenvalue weighted by Gasteiger charge is -2.26. The fourth-order valence-electron chi connectivity index (χ4n) is 1.88. The molecule has 0 fully saturated rings. The largest absolute Gasteiger partial charge is 0.480 e. The minimum Gasteiger partial charge on any atom is -0.480 e. The van der Waals surface area contributed by atoms with Crippen molar-refractivity contribution in [1.82, 2.24) is 10.2 Å². The van der Waals surface area contributed by atoms with Crippen LogP contribution in [-0.4, -0.2) is 43.0 Å². The molecule has 23 heavy (non-hydrogen) atoms. The number of hydrogen-bond acceptors (Lipinski definition) is 3. The topological polar surface area (TPSA) is 58.6 Å².